The van der Waals surface area contributed by atoms with Gasteiger partial charge in [-0.2, -0.15) is 0 Å². The Balaban J connectivity index is 2.50. The maximum absolute atomic E-state index is 11.1. The first-order valence-electron chi connectivity index (χ1n) is 3.65. The number of carbonyl (C=O) groups excluding carboxylic acids is 1. The number of carbonyl (C=O) groups is 1. The molecule has 0 bridgehead atoms. The fraction of sp³-hybridized carbons (Fsp3) is 0.222. The number of benzene rings is 1. The molecule has 0 N–H and O–H groups in total. The number of esters is 1. The molecule has 0 aromatic heterocycles. The summed E-state index contributed by atoms with van der Waals surface area (Å²) in [5.74, 6) is 0.427. The summed E-state index contributed by atoms with van der Waals surface area (Å²) in [6.07, 6.45) is 0. The second-order valence-corrected chi connectivity index (χ2v) is 2.60. The van der Waals surface area contributed by atoms with Gasteiger partial charge in [0.05, 0.1) is 12.7 Å². The van der Waals surface area contributed by atoms with E-state index >= 15 is 0 Å². The van der Waals surface area contributed by atoms with E-state index in [9.17, 15) is 4.79 Å². The molecule has 0 saturated heterocycles. The molecule has 1 aliphatic rings. The van der Waals surface area contributed by atoms with Crippen molar-refractivity contribution in [2.45, 2.75) is 6.61 Å². The predicted octanol–water partition coefficient (Wildman–Crippen LogP) is 1.37. The van der Waals surface area contributed by atoms with Gasteiger partial charge < -0.3 is 9.47 Å². The van der Waals surface area contributed by atoms with Gasteiger partial charge >= 0.3 is 5.97 Å². The molecule has 3 heteroatoms. The Kier molecular flexibility index (Phi) is 1.50. The van der Waals surface area contributed by atoms with E-state index in [1.807, 2.05) is 12.1 Å². The van der Waals surface area contributed by atoms with Gasteiger partial charge in [0.15, 0.2) is 0 Å². The van der Waals surface area contributed by atoms with E-state index in [2.05, 4.69) is 0 Å². The second kappa shape index (κ2) is 2.52. The van der Waals surface area contributed by atoms with Crippen LogP contribution in [0.2, 0.25) is 0 Å². The van der Waals surface area contributed by atoms with Crippen molar-refractivity contribution in [2.24, 2.45) is 0 Å². The molecule has 0 spiro atoms. The minimum atomic E-state index is -0.260. The van der Waals surface area contributed by atoms with Crippen molar-refractivity contribution < 1.29 is 14.3 Å². The third-order valence-electron chi connectivity index (χ3n) is 1.90. The molecular weight excluding hydrogens is 156 g/mol. The highest BCUT2D eigenvalue weighted by atomic mass is 16.5. The van der Waals surface area contributed by atoms with Gasteiger partial charge in [0.2, 0.25) is 0 Å². The number of fused-ring (bicyclic) bond motifs is 1. The molecule has 1 aromatic carbocycles. The quantitative estimate of drug-likeness (QED) is 0.588. The van der Waals surface area contributed by atoms with Crippen LogP contribution >= 0.6 is 0 Å². The third kappa shape index (κ3) is 0.942. The topological polar surface area (TPSA) is 35.5 Å². The highest BCUT2D eigenvalue weighted by Gasteiger charge is 2.20. The lowest BCUT2D eigenvalue weighted by Gasteiger charge is -1.99. The monoisotopic (exact) mass is 164 g/mol. The molecular formula is C9H8O3. The molecule has 3 nitrogen and oxygen atoms in total. The summed E-state index contributed by atoms with van der Waals surface area (Å²) >= 11 is 0. The average Bonchev–Trinajstić information content (AvgIpc) is 2.47. The SMILES string of the molecule is COc1ccc2c(c1)C(=O)OC2. The lowest BCUT2D eigenvalue weighted by molar-refractivity contribution is 0.0535. The summed E-state index contributed by atoms with van der Waals surface area (Å²) < 4.78 is 9.81. The molecule has 0 unspecified atom stereocenters. The highest BCUT2D eigenvalue weighted by molar-refractivity contribution is 5.93. The van der Waals surface area contributed by atoms with E-state index in [0.717, 1.165) is 5.56 Å². The molecule has 0 atom stereocenters. The van der Waals surface area contributed by atoms with Gasteiger partial charge in [-0.25, -0.2) is 4.79 Å². The fourth-order valence-electron chi connectivity index (χ4n) is 1.22. The molecule has 1 aliphatic heterocycles. The molecule has 62 valence electrons. The first-order valence-corrected chi connectivity index (χ1v) is 3.65. The van der Waals surface area contributed by atoms with Crippen molar-refractivity contribution in [2.75, 3.05) is 7.11 Å². The highest BCUT2D eigenvalue weighted by Crippen LogP contribution is 2.23. The predicted molar refractivity (Wildman–Crippen MR) is 42.1 cm³/mol. The summed E-state index contributed by atoms with van der Waals surface area (Å²) in [5, 5.41) is 0. The largest absolute Gasteiger partial charge is 0.497 e. The zero-order valence-corrected chi connectivity index (χ0v) is 6.66. The number of cyclic esters (lactones) is 1. The maximum Gasteiger partial charge on any atom is 0.339 e. The van der Waals surface area contributed by atoms with Crippen molar-refractivity contribution >= 4 is 5.97 Å². The van der Waals surface area contributed by atoms with Crippen LogP contribution in [-0.2, 0) is 11.3 Å². The minimum Gasteiger partial charge on any atom is -0.497 e. The van der Waals surface area contributed by atoms with Crippen LogP contribution in [0.25, 0.3) is 0 Å². The lowest BCUT2D eigenvalue weighted by atomic mass is 10.1. The molecule has 0 amide bonds. The van der Waals surface area contributed by atoms with E-state index in [4.69, 9.17) is 9.47 Å². The van der Waals surface area contributed by atoms with Crippen LogP contribution in [-0.4, -0.2) is 13.1 Å². The minimum absolute atomic E-state index is 0.260. The van der Waals surface area contributed by atoms with Crippen molar-refractivity contribution in [3.05, 3.63) is 29.3 Å². The van der Waals surface area contributed by atoms with Gasteiger partial charge in [-0.15, -0.1) is 0 Å². The summed E-state index contributed by atoms with van der Waals surface area (Å²) in [4.78, 5) is 11.1. The Bertz CT molecular complexity index is 331. The van der Waals surface area contributed by atoms with Crippen LogP contribution in [0.15, 0.2) is 18.2 Å². The molecule has 2 rings (SSSR count). The summed E-state index contributed by atoms with van der Waals surface area (Å²) in [7, 11) is 1.57. The Morgan fingerprint density at radius 3 is 3.08 bits per heavy atom. The number of hydrogen-bond acceptors (Lipinski definition) is 3. The number of rotatable bonds is 1. The van der Waals surface area contributed by atoms with E-state index < -0.39 is 0 Å². The Morgan fingerprint density at radius 1 is 1.50 bits per heavy atom. The first-order chi connectivity index (χ1) is 5.81. The molecule has 0 fully saturated rings. The Morgan fingerprint density at radius 2 is 2.33 bits per heavy atom. The molecule has 1 aromatic rings. The number of ether oxygens (including phenoxy) is 2. The second-order valence-electron chi connectivity index (χ2n) is 2.60. The lowest BCUT2D eigenvalue weighted by Crippen LogP contribution is -1.94. The molecule has 0 saturated carbocycles. The van der Waals surface area contributed by atoms with Crippen molar-refractivity contribution in [1.82, 2.24) is 0 Å². The van der Waals surface area contributed by atoms with Gasteiger partial charge in [0.1, 0.15) is 12.4 Å². The van der Waals surface area contributed by atoms with Crippen molar-refractivity contribution in [3.63, 3.8) is 0 Å². The Labute approximate surface area is 69.9 Å². The van der Waals surface area contributed by atoms with Crippen LogP contribution in [0.5, 0.6) is 5.75 Å². The zero-order valence-electron chi connectivity index (χ0n) is 6.66. The van der Waals surface area contributed by atoms with E-state index in [0.29, 0.717) is 17.9 Å². The van der Waals surface area contributed by atoms with Gasteiger partial charge in [-0.05, 0) is 12.1 Å². The van der Waals surface area contributed by atoms with Crippen molar-refractivity contribution in [1.29, 1.82) is 0 Å². The zero-order chi connectivity index (χ0) is 8.55. The smallest absolute Gasteiger partial charge is 0.339 e. The number of methoxy groups -OCH3 is 1. The average molecular weight is 164 g/mol. The Hall–Kier alpha value is -1.51. The summed E-state index contributed by atoms with van der Waals surface area (Å²) in [6, 6.07) is 5.37. The molecule has 1 heterocycles. The molecule has 0 aliphatic carbocycles. The molecule has 12 heavy (non-hydrogen) atoms. The number of hydrogen-bond donors (Lipinski definition) is 0. The van der Waals surface area contributed by atoms with Crippen LogP contribution in [0, 0.1) is 0 Å². The summed E-state index contributed by atoms with van der Waals surface area (Å²) in [6.45, 7) is 0.387. The molecule has 0 radical (unpaired) electrons. The fourth-order valence-corrected chi connectivity index (χ4v) is 1.22. The first kappa shape index (κ1) is 7.16. The van der Waals surface area contributed by atoms with Crippen LogP contribution in [0.3, 0.4) is 0 Å². The third-order valence-corrected chi connectivity index (χ3v) is 1.90. The van der Waals surface area contributed by atoms with Gasteiger partial charge in [0, 0.05) is 5.56 Å². The van der Waals surface area contributed by atoms with E-state index in [-0.39, 0.29) is 5.97 Å². The van der Waals surface area contributed by atoms with Crippen LogP contribution in [0.1, 0.15) is 15.9 Å². The standard InChI is InChI=1S/C9H8O3/c1-11-7-3-2-6-5-12-9(10)8(6)4-7/h2-4H,5H2,1H3. The van der Waals surface area contributed by atoms with Crippen LogP contribution in [0.4, 0.5) is 0 Å². The summed E-state index contributed by atoms with van der Waals surface area (Å²) in [5.41, 5.74) is 1.55. The normalized spacial score (nSPS) is 13.9. The maximum atomic E-state index is 11.1. The van der Waals surface area contributed by atoms with Gasteiger partial charge in [-0.1, -0.05) is 6.07 Å². The van der Waals surface area contributed by atoms with Crippen molar-refractivity contribution in [3.8, 4) is 5.75 Å². The van der Waals surface area contributed by atoms with Gasteiger partial charge in [0.25, 0.3) is 0 Å². The van der Waals surface area contributed by atoms with E-state index in [1.165, 1.54) is 0 Å². The van der Waals surface area contributed by atoms with Crippen LogP contribution < -0.4 is 4.74 Å². The van der Waals surface area contributed by atoms with Gasteiger partial charge in [-0.3, -0.25) is 0 Å². The van der Waals surface area contributed by atoms with E-state index in [1.54, 1.807) is 13.2 Å².